The van der Waals surface area contributed by atoms with Crippen LogP contribution < -0.4 is 0 Å². The van der Waals surface area contributed by atoms with Crippen molar-refractivity contribution in [3.63, 3.8) is 0 Å². The summed E-state index contributed by atoms with van der Waals surface area (Å²) in [6, 6.07) is 8.51. The van der Waals surface area contributed by atoms with E-state index in [4.69, 9.17) is 0 Å². The van der Waals surface area contributed by atoms with Crippen LogP contribution in [0.3, 0.4) is 0 Å². The van der Waals surface area contributed by atoms with Gasteiger partial charge in [-0.25, -0.2) is 4.98 Å². The average molecular weight is 304 g/mol. The van der Waals surface area contributed by atoms with Crippen LogP contribution >= 0.6 is 0 Å². The van der Waals surface area contributed by atoms with E-state index in [1.54, 1.807) is 12.4 Å². The van der Waals surface area contributed by atoms with Gasteiger partial charge in [0, 0.05) is 23.9 Å². The number of aromatic nitrogens is 4. The van der Waals surface area contributed by atoms with Crippen molar-refractivity contribution in [2.75, 3.05) is 0 Å². The van der Waals surface area contributed by atoms with Gasteiger partial charge in [0.15, 0.2) is 0 Å². The van der Waals surface area contributed by atoms with Crippen LogP contribution in [0.5, 0.6) is 0 Å². The van der Waals surface area contributed by atoms with Crippen LogP contribution in [-0.4, -0.2) is 24.6 Å². The zero-order chi connectivity index (χ0) is 15.4. The molecule has 23 heavy (non-hydrogen) atoms. The maximum absolute atomic E-state index is 10.9. The molecule has 3 heterocycles. The monoisotopic (exact) mass is 304 g/mol. The van der Waals surface area contributed by atoms with Crippen molar-refractivity contribution in [1.29, 1.82) is 0 Å². The van der Waals surface area contributed by atoms with Gasteiger partial charge in [-0.15, -0.1) is 0 Å². The van der Waals surface area contributed by atoms with E-state index >= 15 is 0 Å². The largest absolute Gasteiger partial charge is 0.386 e. The smallest absolute Gasteiger partial charge is 0.103 e. The van der Waals surface area contributed by atoms with Crippen molar-refractivity contribution in [3.05, 3.63) is 66.1 Å². The second-order valence-corrected chi connectivity index (χ2v) is 6.25. The molecular formula is C18H16N4O. The van der Waals surface area contributed by atoms with Crippen molar-refractivity contribution >= 4 is 0 Å². The quantitative estimate of drug-likeness (QED) is 0.750. The molecule has 1 aliphatic carbocycles. The predicted molar refractivity (Wildman–Crippen MR) is 84.6 cm³/mol. The van der Waals surface area contributed by atoms with E-state index < -0.39 is 6.10 Å². The van der Waals surface area contributed by atoms with E-state index in [-0.39, 0.29) is 12.0 Å². The highest BCUT2D eigenvalue weighted by molar-refractivity contribution is 5.69. The highest BCUT2D eigenvalue weighted by atomic mass is 16.3. The number of rotatable bonds is 1. The summed E-state index contributed by atoms with van der Waals surface area (Å²) in [5.41, 5.74) is 5.26. The van der Waals surface area contributed by atoms with E-state index in [9.17, 15) is 5.11 Å². The molecule has 3 atom stereocenters. The molecule has 0 saturated carbocycles. The van der Waals surface area contributed by atoms with Gasteiger partial charge >= 0.3 is 0 Å². The Bertz CT molecular complexity index is 888. The average Bonchev–Trinajstić information content (AvgIpc) is 3.17. The lowest BCUT2D eigenvalue weighted by atomic mass is 9.79. The number of hydrogen-bond donors (Lipinski definition) is 1. The molecule has 3 aromatic rings. The first kappa shape index (κ1) is 13.0. The Balaban J connectivity index is 1.64. The molecule has 2 unspecified atom stereocenters. The first-order chi connectivity index (χ1) is 11.3. The number of nitrogens with zero attached hydrogens (tertiary/aromatic N) is 4. The van der Waals surface area contributed by atoms with Crippen LogP contribution in [0.25, 0.3) is 11.3 Å². The van der Waals surface area contributed by atoms with Gasteiger partial charge in [-0.3, -0.25) is 9.97 Å². The number of imidazole rings is 1. The third kappa shape index (κ3) is 1.74. The maximum Gasteiger partial charge on any atom is 0.103 e. The molecule has 2 aromatic heterocycles. The lowest BCUT2D eigenvalue weighted by Gasteiger charge is -2.33. The molecule has 5 nitrogen and oxygen atoms in total. The number of fused-ring (bicyclic) bond motifs is 4. The molecule has 5 heteroatoms. The van der Waals surface area contributed by atoms with Crippen LogP contribution in [0.15, 0.2) is 49.2 Å². The van der Waals surface area contributed by atoms with Crippen molar-refractivity contribution in [2.24, 2.45) is 5.92 Å². The molecule has 0 bridgehead atoms. The molecule has 2 aliphatic rings. The summed E-state index contributed by atoms with van der Waals surface area (Å²) in [6.45, 7) is 0. The van der Waals surface area contributed by atoms with Gasteiger partial charge in [-0.2, -0.15) is 0 Å². The fourth-order valence-electron chi connectivity index (χ4n) is 4.12. The van der Waals surface area contributed by atoms with E-state index in [1.165, 1.54) is 11.1 Å². The summed E-state index contributed by atoms with van der Waals surface area (Å²) in [4.78, 5) is 13.1. The van der Waals surface area contributed by atoms with Crippen molar-refractivity contribution < 1.29 is 5.11 Å². The number of benzene rings is 1. The summed E-state index contributed by atoms with van der Waals surface area (Å²) < 4.78 is 2.19. The van der Waals surface area contributed by atoms with E-state index in [0.29, 0.717) is 0 Å². The minimum Gasteiger partial charge on any atom is -0.386 e. The molecule has 1 aromatic carbocycles. The zero-order valence-corrected chi connectivity index (χ0v) is 12.5. The van der Waals surface area contributed by atoms with Crippen LogP contribution in [0, 0.1) is 5.92 Å². The Morgan fingerprint density at radius 2 is 2.00 bits per heavy atom. The lowest BCUT2D eigenvalue weighted by molar-refractivity contribution is 0.0669. The molecule has 1 aliphatic heterocycles. The summed E-state index contributed by atoms with van der Waals surface area (Å²) >= 11 is 0. The minimum absolute atomic E-state index is 0.0794. The first-order valence-electron chi connectivity index (χ1n) is 7.93. The Morgan fingerprint density at radius 1 is 1.13 bits per heavy atom. The minimum atomic E-state index is -0.598. The molecule has 0 radical (unpaired) electrons. The number of aryl methyl sites for hydroxylation is 1. The Kier molecular flexibility index (Phi) is 2.67. The van der Waals surface area contributed by atoms with Gasteiger partial charge in [0.25, 0.3) is 0 Å². The summed E-state index contributed by atoms with van der Waals surface area (Å²) in [7, 11) is 0. The predicted octanol–water partition coefficient (Wildman–Crippen LogP) is 2.54. The molecule has 0 spiro atoms. The number of hydrogen-bond acceptors (Lipinski definition) is 4. The number of aliphatic hydroxyl groups excluding tert-OH is 1. The summed E-state index contributed by atoms with van der Waals surface area (Å²) in [5.74, 6) is 0.0794. The third-order valence-electron chi connectivity index (χ3n) is 5.13. The standard InChI is InChI=1S/C18H16N4O/c23-18-13(5-6-14-16(18)21-8-7-20-14)17-12-4-2-1-3-11(12)15-9-19-10-22(15)17/h1-4,7-10,13,17-18,23H,5-6H2/t13?,17-,18?/m0/s1. The van der Waals surface area contributed by atoms with Gasteiger partial charge in [0.1, 0.15) is 6.10 Å². The SMILES string of the molecule is OC1c2nccnc2CCC1[C@@H]1c2ccccc2-c2cncn21. The summed E-state index contributed by atoms with van der Waals surface area (Å²) in [5, 5.41) is 10.9. The Hall–Kier alpha value is -2.53. The van der Waals surface area contributed by atoms with Gasteiger partial charge in [0.05, 0.1) is 35.6 Å². The van der Waals surface area contributed by atoms with Gasteiger partial charge in [-0.05, 0) is 18.4 Å². The summed E-state index contributed by atoms with van der Waals surface area (Å²) in [6.07, 6.45) is 8.29. The topological polar surface area (TPSA) is 63.8 Å². The molecule has 114 valence electrons. The van der Waals surface area contributed by atoms with Gasteiger partial charge in [-0.1, -0.05) is 24.3 Å². The fraction of sp³-hybridized carbons (Fsp3) is 0.278. The van der Waals surface area contributed by atoms with Crippen molar-refractivity contribution in [3.8, 4) is 11.3 Å². The van der Waals surface area contributed by atoms with E-state index in [0.717, 1.165) is 29.9 Å². The van der Waals surface area contributed by atoms with Crippen LogP contribution in [0.4, 0.5) is 0 Å². The van der Waals surface area contributed by atoms with Gasteiger partial charge in [0.2, 0.25) is 0 Å². The third-order valence-corrected chi connectivity index (χ3v) is 5.13. The van der Waals surface area contributed by atoms with E-state index in [1.807, 2.05) is 12.5 Å². The second-order valence-electron chi connectivity index (χ2n) is 6.25. The highest BCUT2D eigenvalue weighted by Gasteiger charge is 2.41. The zero-order valence-electron chi connectivity index (χ0n) is 12.5. The maximum atomic E-state index is 10.9. The van der Waals surface area contributed by atoms with Gasteiger partial charge < -0.3 is 9.67 Å². The number of aliphatic hydroxyl groups is 1. The molecular weight excluding hydrogens is 288 g/mol. The van der Waals surface area contributed by atoms with Crippen LogP contribution in [0.2, 0.25) is 0 Å². The Labute approximate surface area is 133 Å². The molecule has 0 saturated heterocycles. The lowest BCUT2D eigenvalue weighted by Crippen LogP contribution is -2.29. The Morgan fingerprint density at radius 3 is 2.96 bits per heavy atom. The van der Waals surface area contributed by atoms with E-state index in [2.05, 4.69) is 43.8 Å². The van der Waals surface area contributed by atoms with Crippen molar-refractivity contribution in [1.82, 2.24) is 19.5 Å². The fourth-order valence-corrected chi connectivity index (χ4v) is 4.12. The molecule has 1 N–H and O–H groups in total. The second kappa shape index (κ2) is 4.73. The van der Waals surface area contributed by atoms with Crippen LogP contribution in [-0.2, 0) is 6.42 Å². The molecule has 5 rings (SSSR count). The van der Waals surface area contributed by atoms with Crippen LogP contribution in [0.1, 0.15) is 35.5 Å². The molecule has 0 fully saturated rings. The van der Waals surface area contributed by atoms with Crippen molar-refractivity contribution in [2.45, 2.75) is 25.0 Å². The highest BCUT2D eigenvalue weighted by Crippen LogP contribution is 2.49. The first-order valence-corrected chi connectivity index (χ1v) is 7.93. The molecule has 0 amide bonds. The normalized spacial score (nSPS) is 24.8.